The first-order valence-electron chi connectivity index (χ1n) is 9.62. The van der Waals surface area contributed by atoms with Crippen molar-refractivity contribution >= 4 is 29.1 Å². The number of aromatic nitrogens is 3. The van der Waals surface area contributed by atoms with Crippen molar-refractivity contribution in [3.8, 4) is 5.69 Å². The number of rotatable bonds is 4. The summed E-state index contributed by atoms with van der Waals surface area (Å²) in [5.41, 5.74) is 6.89. The molecule has 4 rings (SSSR count). The van der Waals surface area contributed by atoms with Gasteiger partial charge in [0.15, 0.2) is 0 Å². The summed E-state index contributed by atoms with van der Waals surface area (Å²) in [6, 6.07) is 0.569. The summed E-state index contributed by atoms with van der Waals surface area (Å²) in [7, 11) is 0. The number of carbonyl (C=O) groups is 2. The Morgan fingerprint density at radius 2 is 1.93 bits per heavy atom. The topological polar surface area (TPSA) is 97.4 Å². The van der Waals surface area contributed by atoms with E-state index in [9.17, 15) is 18.4 Å². The van der Waals surface area contributed by atoms with Gasteiger partial charge in [0.25, 0.3) is 5.92 Å². The zero-order valence-electron chi connectivity index (χ0n) is 16.0. The number of hydrogen-bond acceptors (Lipinski definition) is 5. The Labute approximate surface area is 176 Å². The van der Waals surface area contributed by atoms with Crippen LogP contribution in [0.4, 0.5) is 14.5 Å². The lowest BCUT2D eigenvalue weighted by atomic mass is 9.94. The third-order valence-corrected chi connectivity index (χ3v) is 5.84. The van der Waals surface area contributed by atoms with Crippen LogP contribution in [0.15, 0.2) is 30.9 Å². The molecule has 0 radical (unpaired) electrons. The first kappa shape index (κ1) is 20.5. The van der Waals surface area contributed by atoms with Gasteiger partial charge >= 0.3 is 0 Å². The summed E-state index contributed by atoms with van der Waals surface area (Å²) in [5, 5.41) is 4.74. The van der Waals surface area contributed by atoms with Crippen LogP contribution < -0.4 is 10.6 Å². The Balaban J connectivity index is 1.46. The van der Waals surface area contributed by atoms with Gasteiger partial charge < -0.3 is 15.5 Å². The number of nitrogens with two attached hydrogens (primary N) is 1. The molecule has 2 aromatic rings. The number of piperidine rings is 1. The second kappa shape index (κ2) is 7.82. The van der Waals surface area contributed by atoms with Crippen LogP contribution in [-0.4, -0.2) is 63.1 Å². The first-order chi connectivity index (χ1) is 14.2. The van der Waals surface area contributed by atoms with Gasteiger partial charge in [-0.25, -0.2) is 13.5 Å². The normalized spacial score (nSPS) is 21.8. The molecule has 0 aliphatic carbocycles. The van der Waals surface area contributed by atoms with E-state index in [4.69, 9.17) is 17.3 Å². The molecule has 2 amide bonds. The molecule has 0 unspecified atom stereocenters. The number of pyridine rings is 1. The number of likely N-dealkylation sites (tertiary alicyclic amines) is 1. The molecule has 0 spiro atoms. The van der Waals surface area contributed by atoms with Crippen molar-refractivity contribution in [2.45, 2.75) is 31.2 Å². The van der Waals surface area contributed by atoms with Crippen molar-refractivity contribution < 1.29 is 18.4 Å². The standard InChI is InChI=1S/C19H21ClF2N6O2/c20-13-8-25-28(10-13)14-1-4-24-9-16(14)26-5-2-12(3-6-26)18(30)27-11-19(21,22)7-15(27)17(23)29/h1,4,8-10,12,15H,2-3,5-7,11H2,(H2,23,29)/t15-/m0/s1. The van der Waals surface area contributed by atoms with Crippen molar-refractivity contribution in [1.82, 2.24) is 19.7 Å². The number of alkyl halides is 2. The Kier molecular flexibility index (Phi) is 5.35. The van der Waals surface area contributed by atoms with Crippen LogP contribution in [0.2, 0.25) is 5.02 Å². The van der Waals surface area contributed by atoms with Gasteiger partial charge in [-0.05, 0) is 18.9 Å². The molecule has 160 valence electrons. The predicted octanol–water partition coefficient (Wildman–Crippen LogP) is 1.86. The highest BCUT2D eigenvalue weighted by Gasteiger charge is 2.50. The number of nitrogens with zero attached hydrogens (tertiary/aromatic N) is 5. The fourth-order valence-electron chi connectivity index (χ4n) is 4.15. The van der Waals surface area contributed by atoms with Gasteiger partial charge in [0.2, 0.25) is 11.8 Å². The summed E-state index contributed by atoms with van der Waals surface area (Å²) in [6.45, 7) is 0.317. The molecule has 4 heterocycles. The minimum atomic E-state index is -3.09. The molecule has 0 aromatic carbocycles. The maximum absolute atomic E-state index is 13.8. The van der Waals surface area contributed by atoms with E-state index in [0.29, 0.717) is 31.0 Å². The van der Waals surface area contributed by atoms with E-state index in [2.05, 4.69) is 15.0 Å². The molecule has 2 saturated heterocycles. The molecule has 8 nitrogen and oxygen atoms in total. The largest absolute Gasteiger partial charge is 0.368 e. The van der Waals surface area contributed by atoms with Crippen LogP contribution >= 0.6 is 11.6 Å². The van der Waals surface area contributed by atoms with Crippen molar-refractivity contribution in [2.75, 3.05) is 24.5 Å². The molecule has 2 aliphatic heterocycles. The molecule has 2 aromatic heterocycles. The van der Waals surface area contributed by atoms with Crippen LogP contribution in [0.5, 0.6) is 0 Å². The SMILES string of the molecule is NC(=O)[C@@H]1CC(F)(F)CN1C(=O)C1CCN(c2cnccc2-n2cc(Cl)cn2)CC1. The number of halogens is 3. The minimum Gasteiger partial charge on any atom is -0.368 e. The lowest BCUT2D eigenvalue weighted by Gasteiger charge is -2.35. The van der Waals surface area contributed by atoms with E-state index < -0.39 is 42.7 Å². The summed E-state index contributed by atoms with van der Waals surface area (Å²) in [4.78, 5) is 31.6. The number of hydrogen-bond donors (Lipinski definition) is 1. The number of primary amides is 1. The van der Waals surface area contributed by atoms with Crippen LogP contribution in [0, 0.1) is 5.92 Å². The number of anilines is 1. The van der Waals surface area contributed by atoms with Gasteiger partial charge in [-0.1, -0.05) is 11.6 Å². The van der Waals surface area contributed by atoms with Crippen molar-refractivity contribution in [3.63, 3.8) is 0 Å². The van der Waals surface area contributed by atoms with Gasteiger partial charge in [0.1, 0.15) is 6.04 Å². The average Bonchev–Trinajstić information content (AvgIpc) is 3.30. The van der Waals surface area contributed by atoms with Crippen molar-refractivity contribution in [1.29, 1.82) is 0 Å². The van der Waals surface area contributed by atoms with E-state index in [0.717, 1.165) is 16.3 Å². The van der Waals surface area contributed by atoms with Gasteiger partial charge in [0, 0.05) is 37.8 Å². The molecule has 1 atom stereocenters. The Bertz CT molecular complexity index is 960. The van der Waals surface area contributed by atoms with Gasteiger partial charge in [-0.2, -0.15) is 5.10 Å². The molecule has 0 saturated carbocycles. The average molecular weight is 439 g/mol. The van der Waals surface area contributed by atoms with E-state index in [1.165, 1.54) is 6.20 Å². The molecule has 0 bridgehead atoms. The Morgan fingerprint density at radius 1 is 1.20 bits per heavy atom. The van der Waals surface area contributed by atoms with E-state index in [1.54, 1.807) is 23.3 Å². The van der Waals surface area contributed by atoms with E-state index in [1.807, 2.05) is 6.07 Å². The summed E-state index contributed by atoms with van der Waals surface area (Å²) in [6.07, 6.45) is 6.84. The predicted molar refractivity (Wildman–Crippen MR) is 106 cm³/mol. The monoisotopic (exact) mass is 438 g/mol. The highest BCUT2D eigenvalue weighted by atomic mass is 35.5. The van der Waals surface area contributed by atoms with Crippen LogP contribution in [0.3, 0.4) is 0 Å². The molecular weight excluding hydrogens is 418 g/mol. The summed E-state index contributed by atoms with van der Waals surface area (Å²) < 4.78 is 29.2. The summed E-state index contributed by atoms with van der Waals surface area (Å²) >= 11 is 5.98. The molecule has 30 heavy (non-hydrogen) atoms. The fraction of sp³-hybridized carbons (Fsp3) is 0.474. The maximum atomic E-state index is 13.8. The van der Waals surface area contributed by atoms with Crippen LogP contribution in [0.1, 0.15) is 19.3 Å². The highest BCUT2D eigenvalue weighted by Crippen LogP contribution is 2.35. The van der Waals surface area contributed by atoms with Gasteiger partial charge in [-0.3, -0.25) is 14.6 Å². The smallest absolute Gasteiger partial charge is 0.267 e. The molecular formula is C19H21ClF2N6O2. The second-order valence-corrected chi connectivity index (χ2v) is 8.11. The second-order valence-electron chi connectivity index (χ2n) is 7.67. The number of amides is 2. The molecule has 2 N–H and O–H groups in total. The third kappa shape index (κ3) is 3.96. The number of carbonyl (C=O) groups excluding carboxylic acids is 2. The molecule has 2 aliphatic rings. The van der Waals surface area contributed by atoms with Gasteiger partial charge in [0.05, 0.1) is 35.3 Å². The Hall–Kier alpha value is -2.75. The van der Waals surface area contributed by atoms with E-state index >= 15 is 0 Å². The quantitative estimate of drug-likeness (QED) is 0.785. The maximum Gasteiger partial charge on any atom is 0.267 e. The molecule has 11 heteroatoms. The summed E-state index contributed by atoms with van der Waals surface area (Å²) in [5.74, 6) is -4.85. The highest BCUT2D eigenvalue weighted by molar-refractivity contribution is 6.30. The third-order valence-electron chi connectivity index (χ3n) is 5.64. The lowest BCUT2D eigenvalue weighted by molar-refractivity contribution is -0.141. The van der Waals surface area contributed by atoms with Crippen LogP contribution in [-0.2, 0) is 9.59 Å². The van der Waals surface area contributed by atoms with Gasteiger partial charge in [-0.15, -0.1) is 0 Å². The minimum absolute atomic E-state index is 0.430. The van der Waals surface area contributed by atoms with Crippen LogP contribution in [0.25, 0.3) is 5.69 Å². The first-order valence-corrected chi connectivity index (χ1v) is 10.00. The zero-order chi connectivity index (χ0) is 21.5. The molecule has 2 fully saturated rings. The van der Waals surface area contributed by atoms with E-state index in [-0.39, 0.29) is 0 Å². The van der Waals surface area contributed by atoms with Crippen molar-refractivity contribution in [3.05, 3.63) is 35.9 Å². The lowest BCUT2D eigenvalue weighted by Crippen LogP contribution is -2.48. The Morgan fingerprint density at radius 3 is 2.57 bits per heavy atom. The zero-order valence-corrected chi connectivity index (χ0v) is 16.8. The fourth-order valence-corrected chi connectivity index (χ4v) is 4.29. The van der Waals surface area contributed by atoms with Crippen molar-refractivity contribution in [2.24, 2.45) is 11.7 Å².